The maximum Gasteiger partial charge on any atom is 0.0540 e. The van der Waals surface area contributed by atoms with Crippen LogP contribution in [-0.2, 0) is 0 Å². The van der Waals surface area contributed by atoms with Crippen molar-refractivity contribution in [1.29, 1.82) is 0 Å². The molecule has 98 valence electrons. The number of aliphatic hydroxyl groups is 2. The van der Waals surface area contributed by atoms with Gasteiger partial charge < -0.3 is 10.2 Å². The lowest BCUT2D eigenvalue weighted by Gasteiger charge is -2.09. The standard InChI is InChI=1S/C14H30O2/c1-3-4-11-14(16)12-9-7-5-6-8-10-13(2)15/h13-16H,3-12H2,1-2H3. The molecule has 0 aliphatic heterocycles. The molecule has 0 radical (unpaired) electrons. The summed E-state index contributed by atoms with van der Waals surface area (Å²) in [6, 6.07) is 0. The van der Waals surface area contributed by atoms with E-state index in [9.17, 15) is 5.11 Å². The molecule has 16 heavy (non-hydrogen) atoms. The van der Waals surface area contributed by atoms with Crippen molar-refractivity contribution < 1.29 is 10.2 Å². The number of hydrogen-bond donors (Lipinski definition) is 2. The Balaban J connectivity index is 3.08. The lowest BCUT2D eigenvalue weighted by Crippen LogP contribution is -2.05. The fraction of sp³-hybridized carbons (Fsp3) is 1.00. The fourth-order valence-corrected chi connectivity index (χ4v) is 1.93. The molecule has 0 spiro atoms. The van der Waals surface area contributed by atoms with Crippen LogP contribution in [0.25, 0.3) is 0 Å². The van der Waals surface area contributed by atoms with Crippen molar-refractivity contribution in [2.45, 2.75) is 90.3 Å². The van der Waals surface area contributed by atoms with Crippen molar-refractivity contribution in [2.75, 3.05) is 0 Å². The predicted octanol–water partition coefficient (Wildman–Crippen LogP) is 3.65. The van der Waals surface area contributed by atoms with E-state index in [-0.39, 0.29) is 12.2 Å². The molecule has 0 aromatic heterocycles. The van der Waals surface area contributed by atoms with Crippen LogP contribution in [0.2, 0.25) is 0 Å². The average molecular weight is 230 g/mol. The molecule has 2 nitrogen and oxygen atoms in total. The molecular weight excluding hydrogens is 200 g/mol. The highest BCUT2D eigenvalue weighted by atomic mass is 16.3. The first-order chi connectivity index (χ1) is 7.66. The minimum atomic E-state index is -0.143. The molecule has 0 fully saturated rings. The summed E-state index contributed by atoms with van der Waals surface area (Å²) in [4.78, 5) is 0. The molecule has 0 aliphatic carbocycles. The second kappa shape index (κ2) is 11.4. The zero-order valence-corrected chi connectivity index (χ0v) is 11.1. The third-order valence-electron chi connectivity index (χ3n) is 3.05. The van der Waals surface area contributed by atoms with Crippen LogP contribution < -0.4 is 0 Å². The van der Waals surface area contributed by atoms with E-state index in [1.165, 1.54) is 25.7 Å². The van der Waals surface area contributed by atoms with Gasteiger partial charge in [0, 0.05) is 0 Å². The quantitative estimate of drug-likeness (QED) is 0.532. The van der Waals surface area contributed by atoms with Gasteiger partial charge in [0.15, 0.2) is 0 Å². The van der Waals surface area contributed by atoms with Crippen LogP contribution in [0, 0.1) is 0 Å². The normalized spacial score (nSPS) is 15.0. The first-order valence-electron chi connectivity index (χ1n) is 7.03. The third-order valence-corrected chi connectivity index (χ3v) is 3.05. The van der Waals surface area contributed by atoms with Crippen molar-refractivity contribution in [3.8, 4) is 0 Å². The van der Waals surface area contributed by atoms with Crippen LogP contribution in [0.15, 0.2) is 0 Å². The molecule has 0 amide bonds. The lowest BCUT2D eigenvalue weighted by molar-refractivity contribution is 0.148. The molecule has 2 unspecified atom stereocenters. The van der Waals surface area contributed by atoms with E-state index in [4.69, 9.17) is 5.11 Å². The fourth-order valence-electron chi connectivity index (χ4n) is 1.93. The Morgan fingerprint density at radius 2 is 1.25 bits per heavy atom. The first kappa shape index (κ1) is 15.9. The van der Waals surface area contributed by atoms with E-state index in [1.54, 1.807) is 0 Å². The second-order valence-electron chi connectivity index (χ2n) is 4.99. The highest BCUT2D eigenvalue weighted by Crippen LogP contribution is 2.12. The summed E-state index contributed by atoms with van der Waals surface area (Å²) in [5, 5.41) is 18.7. The number of rotatable bonds is 11. The van der Waals surface area contributed by atoms with Gasteiger partial charge in [-0.2, -0.15) is 0 Å². The Morgan fingerprint density at radius 1 is 0.750 bits per heavy atom. The van der Waals surface area contributed by atoms with Crippen LogP contribution in [0.3, 0.4) is 0 Å². The number of aliphatic hydroxyl groups excluding tert-OH is 2. The summed E-state index contributed by atoms with van der Waals surface area (Å²) in [6.45, 7) is 4.01. The van der Waals surface area contributed by atoms with Gasteiger partial charge in [-0.05, 0) is 26.2 Å². The van der Waals surface area contributed by atoms with E-state index in [2.05, 4.69) is 6.92 Å². The monoisotopic (exact) mass is 230 g/mol. The summed E-state index contributed by atoms with van der Waals surface area (Å²) in [5.74, 6) is 0. The summed E-state index contributed by atoms with van der Waals surface area (Å²) in [7, 11) is 0. The molecule has 0 rings (SSSR count). The summed E-state index contributed by atoms with van der Waals surface area (Å²) >= 11 is 0. The van der Waals surface area contributed by atoms with E-state index in [1.807, 2.05) is 6.92 Å². The third kappa shape index (κ3) is 12.0. The molecule has 0 saturated heterocycles. The molecule has 2 atom stereocenters. The van der Waals surface area contributed by atoms with Crippen LogP contribution in [0.4, 0.5) is 0 Å². The topological polar surface area (TPSA) is 40.5 Å². The number of unbranched alkanes of at least 4 members (excludes halogenated alkanes) is 5. The Labute approximate surface area is 101 Å². The van der Waals surface area contributed by atoms with Crippen molar-refractivity contribution in [3.63, 3.8) is 0 Å². The smallest absolute Gasteiger partial charge is 0.0540 e. The van der Waals surface area contributed by atoms with Gasteiger partial charge in [-0.25, -0.2) is 0 Å². The Hall–Kier alpha value is -0.0800. The molecule has 2 N–H and O–H groups in total. The highest BCUT2D eigenvalue weighted by Gasteiger charge is 2.02. The van der Waals surface area contributed by atoms with Crippen LogP contribution in [-0.4, -0.2) is 22.4 Å². The van der Waals surface area contributed by atoms with Gasteiger partial charge in [-0.1, -0.05) is 51.9 Å². The minimum absolute atomic E-state index is 0.0718. The molecule has 0 saturated carbocycles. The average Bonchev–Trinajstić information content (AvgIpc) is 2.24. The second-order valence-corrected chi connectivity index (χ2v) is 4.99. The Kier molecular flexibility index (Phi) is 11.3. The lowest BCUT2D eigenvalue weighted by atomic mass is 10.0. The largest absolute Gasteiger partial charge is 0.393 e. The first-order valence-corrected chi connectivity index (χ1v) is 7.03. The highest BCUT2D eigenvalue weighted by molar-refractivity contribution is 4.56. The molecule has 0 aliphatic rings. The summed E-state index contributed by atoms with van der Waals surface area (Å²) in [5.41, 5.74) is 0. The number of hydrogen-bond acceptors (Lipinski definition) is 2. The van der Waals surface area contributed by atoms with E-state index in [0.717, 1.165) is 38.5 Å². The van der Waals surface area contributed by atoms with Crippen molar-refractivity contribution in [1.82, 2.24) is 0 Å². The molecule has 0 aromatic rings. The molecular formula is C14H30O2. The Bertz CT molecular complexity index is 135. The summed E-state index contributed by atoms with van der Waals surface area (Å²) < 4.78 is 0. The predicted molar refractivity (Wildman–Crippen MR) is 69.5 cm³/mol. The minimum Gasteiger partial charge on any atom is -0.393 e. The van der Waals surface area contributed by atoms with Gasteiger partial charge in [0.05, 0.1) is 12.2 Å². The van der Waals surface area contributed by atoms with Gasteiger partial charge >= 0.3 is 0 Å². The van der Waals surface area contributed by atoms with Gasteiger partial charge in [0.25, 0.3) is 0 Å². The molecule has 0 heterocycles. The maximum absolute atomic E-state index is 9.62. The van der Waals surface area contributed by atoms with Crippen molar-refractivity contribution in [2.24, 2.45) is 0 Å². The van der Waals surface area contributed by atoms with Crippen LogP contribution in [0.5, 0.6) is 0 Å². The maximum atomic E-state index is 9.62. The Morgan fingerprint density at radius 3 is 1.81 bits per heavy atom. The zero-order valence-electron chi connectivity index (χ0n) is 11.1. The van der Waals surface area contributed by atoms with Crippen LogP contribution >= 0.6 is 0 Å². The van der Waals surface area contributed by atoms with Gasteiger partial charge in [0.2, 0.25) is 0 Å². The van der Waals surface area contributed by atoms with Crippen LogP contribution in [0.1, 0.15) is 78.1 Å². The van der Waals surface area contributed by atoms with Gasteiger partial charge in [-0.15, -0.1) is 0 Å². The van der Waals surface area contributed by atoms with Crippen molar-refractivity contribution >= 4 is 0 Å². The van der Waals surface area contributed by atoms with Gasteiger partial charge in [-0.3, -0.25) is 0 Å². The molecule has 0 bridgehead atoms. The van der Waals surface area contributed by atoms with E-state index < -0.39 is 0 Å². The van der Waals surface area contributed by atoms with Gasteiger partial charge in [0.1, 0.15) is 0 Å². The summed E-state index contributed by atoms with van der Waals surface area (Å²) in [6.07, 6.45) is 11.0. The van der Waals surface area contributed by atoms with E-state index in [0.29, 0.717) is 0 Å². The van der Waals surface area contributed by atoms with E-state index >= 15 is 0 Å². The van der Waals surface area contributed by atoms with Crippen molar-refractivity contribution in [3.05, 3.63) is 0 Å². The molecule has 2 heteroatoms. The SMILES string of the molecule is CCCCC(O)CCCCCCCC(C)O. The zero-order chi connectivity index (χ0) is 12.2. The molecule has 0 aromatic carbocycles.